The van der Waals surface area contributed by atoms with Gasteiger partial charge in [-0.25, -0.2) is 17.9 Å². The molecule has 1 aliphatic rings. The van der Waals surface area contributed by atoms with E-state index in [0.717, 1.165) is 25.0 Å². The van der Waals surface area contributed by atoms with Crippen LogP contribution in [0.2, 0.25) is 0 Å². The summed E-state index contributed by atoms with van der Waals surface area (Å²) >= 11 is 2.82. The summed E-state index contributed by atoms with van der Waals surface area (Å²) in [6.07, 6.45) is 1.85. The van der Waals surface area contributed by atoms with E-state index in [4.69, 9.17) is 5.14 Å². The van der Waals surface area contributed by atoms with Gasteiger partial charge in [0.2, 0.25) is 10.0 Å². The van der Waals surface area contributed by atoms with Crippen molar-refractivity contribution in [1.29, 1.82) is 0 Å². The largest absolute Gasteiger partial charge is 0.349 e. The summed E-state index contributed by atoms with van der Waals surface area (Å²) in [4.78, 5) is 11.5. The van der Waals surface area contributed by atoms with Crippen molar-refractivity contribution >= 4 is 31.9 Å². The molecule has 0 aromatic heterocycles. The first kappa shape index (κ1) is 15.4. The minimum absolute atomic E-state index is 0.0588. The molecule has 2 atom stereocenters. The Morgan fingerprint density at radius 3 is 2.70 bits per heavy atom. The molecule has 3 N–H and O–H groups in total. The van der Waals surface area contributed by atoms with Crippen molar-refractivity contribution < 1.29 is 17.6 Å². The van der Waals surface area contributed by atoms with E-state index < -0.39 is 26.6 Å². The lowest BCUT2D eigenvalue weighted by molar-refractivity contribution is 0.0948. The van der Waals surface area contributed by atoms with Gasteiger partial charge in [0, 0.05) is 11.6 Å². The van der Waals surface area contributed by atoms with Crippen LogP contribution < -0.4 is 10.5 Å². The molecule has 0 bridgehead atoms. The second kappa shape index (κ2) is 5.42. The molecule has 1 aromatic rings. The van der Waals surface area contributed by atoms with Crippen LogP contribution in [0, 0.1) is 11.7 Å². The summed E-state index contributed by atoms with van der Waals surface area (Å²) in [5, 5.41) is 7.74. The molecule has 1 saturated carbocycles. The van der Waals surface area contributed by atoms with E-state index in [-0.39, 0.29) is 16.1 Å². The average Bonchev–Trinajstić information content (AvgIpc) is 3.09. The van der Waals surface area contributed by atoms with Crippen LogP contribution in [-0.4, -0.2) is 20.4 Å². The standard InChI is InChI=1S/C12H14BrFN2O3S/c1-2-6-4-9(6)16-12(17)7-3-8(14)11(13)10(5-7)20(15,18)19/h3,5-6,9H,2,4H2,1H3,(H,16,17)(H2,15,18,19). The van der Waals surface area contributed by atoms with Crippen LogP contribution in [0.5, 0.6) is 0 Å². The number of rotatable bonds is 4. The maximum atomic E-state index is 13.7. The van der Waals surface area contributed by atoms with Crippen molar-refractivity contribution in [3.05, 3.63) is 28.0 Å². The molecule has 0 saturated heterocycles. The molecule has 110 valence electrons. The Bertz CT molecular complexity index is 663. The lowest BCUT2D eigenvalue weighted by Gasteiger charge is -2.08. The maximum absolute atomic E-state index is 13.7. The molecule has 8 heteroatoms. The summed E-state index contributed by atoms with van der Waals surface area (Å²) < 4.78 is 36.1. The molecule has 2 unspecified atom stereocenters. The molecule has 20 heavy (non-hydrogen) atoms. The van der Waals surface area contributed by atoms with Gasteiger partial charge in [0.15, 0.2) is 0 Å². The Balaban J connectivity index is 2.29. The highest BCUT2D eigenvalue weighted by molar-refractivity contribution is 9.10. The van der Waals surface area contributed by atoms with Gasteiger partial charge in [-0.2, -0.15) is 0 Å². The summed E-state index contributed by atoms with van der Waals surface area (Å²) in [5.74, 6) is -0.899. The Hall–Kier alpha value is -0.990. The Labute approximate surface area is 124 Å². The fourth-order valence-electron chi connectivity index (χ4n) is 2.03. The summed E-state index contributed by atoms with van der Waals surface area (Å²) in [5.41, 5.74) is -0.0588. The van der Waals surface area contributed by atoms with Gasteiger partial charge in [-0.1, -0.05) is 13.3 Å². The van der Waals surface area contributed by atoms with Crippen LogP contribution in [-0.2, 0) is 10.0 Å². The zero-order valence-corrected chi connectivity index (χ0v) is 13.1. The van der Waals surface area contributed by atoms with E-state index in [2.05, 4.69) is 21.2 Å². The van der Waals surface area contributed by atoms with Gasteiger partial charge in [0.05, 0.1) is 9.37 Å². The molecule has 2 rings (SSSR count). The molecule has 0 heterocycles. The molecule has 1 aromatic carbocycles. The molecular weight excluding hydrogens is 351 g/mol. The molecule has 1 fully saturated rings. The van der Waals surface area contributed by atoms with E-state index >= 15 is 0 Å². The van der Waals surface area contributed by atoms with Crippen molar-refractivity contribution in [2.75, 3.05) is 0 Å². The Morgan fingerprint density at radius 2 is 2.20 bits per heavy atom. The SMILES string of the molecule is CCC1CC1NC(=O)c1cc(F)c(Br)c(S(N)(=O)=O)c1. The van der Waals surface area contributed by atoms with Gasteiger partial charge in [-0.05, 0) is 40.4 Å². The van der Waals surface area contributed by atoms with Crippen LogP contribution in [0.4, 0.5) is 4.39 Å². The topological polar surface area (TPSA) is 89.3 Å². The van der Waals surface area contributed by atoms with Crippen LogP contribution in [0.25, 0.3) is 0 Å². The van der Waals surface area contributed by atoms with Crippen molar-refractivity contribution in [1.82, 2.24) is 5.32 Å². The lowest BCUT2D eigenvalue weighted by Crippen LogP contribution is -2.27. The van der Waals surface area contributed by atoms with Crippen LogP contribution in [0.1, 0.15) is 30.1 Å². The van der Waals surface area contributed by atoms with Crippen LogP contribution >= 0.6 is 15.9 Å². The number of benzene rings is 1. The highest BCUT2D eigenvalue weighted by Gasteiger charge is 2.36. The van der Waals surface area contributed by atoms with Gasteiger partial charge in [-0.15, -0.1) is 0 Å². The number of primary sulfonamides is 1. The van der Waals surface area contributed by atoms with Gasteiger partial charge in [0.25, 0.3) is 5.91 Å². The minimum Gasteiger partial charge on any atom is -0.349 e. The smallest absolute Gasteiger partial charge is 0.251 e. The lowest BCUT2D eigenvalue weighted by atomic mass is 10.2. The average molecular weight is 365 g/mol. The summed E-state index contributed by atoms with van der Waals surface area (Å²) in [6, 6.07) is 2.13. The predicted molar refractivity (Wildman–Crippen MR) is 75.1 cm³/mol. The quantitative estimate of drug-likeness (QED) is 0.852. The first-order chi connectivity index (χ1) is 9.24. The maximum Gasteiger partial charge on any atom is 0.251 e. The van der Waals surface area contributed by atoms with Crippen molar-refractivity contribution in [3.8, 4) is 0 Å². The van der Waals surface area contributed by atoms with Gasteiger partial charge in [-0.3, -0.25) is 4.79 Å². The van der Waals surface area contributed by atoms with E-state index in [1.165, 1.54) is 0 Å². The number of carbonyl (C=O) groups excluding carboxylic acids is 1. The third-order valence-electron chi connectivity index (χ3n) is 3.33. The first-order valence-corrected chi connectivity index (χ1v) is 8.40. The number of nitrogens with one attached hydrogen (secondary N) is 1. The number of hydrogen-bond donors (Lipinski definition) is 2. The van der Waals surface area contributed by atoms with Gasteiger partial charge < -0.3 is 5.32 Å². The number of amides is 1. The molecular formula is C12H14BrFN2O3S. The third kappa shape index (κ3) is 3.18. The van der Waals surface area contributed by atoms with Crippen LogP contribution in [0.3, 0.4) is 0 Å². The van der Waals surface area contributed by atoms with Crippen molar-refractivity contribution in [3.63, 3.8) is 0 Å². The van der Waals surface area contributed by atoms with E-state index in [1.54, 1.807) is 0 Å². The van der Waals surface area contributed by atoms with Gasteiger partial charge in [0.1, 0.15) is 5.82 Å². The molecule has 0 spiro atoms. The van der Waals surface area contributed by atoms with Crippen molar-refractivity contribution in [2.45, 2.75) is 30.7 Å². The molecule has 1 amide bonds. The highest BCUT2D eigenvalue weighted by Crippen LogP contribution is 2.33. The van der Waals surface area contributed by atoms with E-state index in [9.17, 15) is 17.6 Å². The van der Waals surface area contributed by atoms with Crippen LogP contribution in [0.15, 0.2) is 21.5 Å². The predicted octanol–water partition coefficient (Wildman–Crippen LogP) is 1.76. The summed E-state index contributed by atoms with van der Waals surface area (Å²) in [6.45, 7) is 2.02. The number of nitrogens with two attached hydrogens (primary N) is 1. The monoisotopic (exact) mass is 364 g/mol. The Kier molecular flexibility index (Phi) is 4.17. The summed E-state index contributed by atoms with van der Waals surface area (Å²) in [7, 11) is -4.11. The Morgan fingerprint density at radius 1 is 1.55 bits per heavy atom. The third-order valence-corrected chi connectivity index (χ3v) is 5.33. The fraction of sp³-hybridized carbons (Fsp3) is 0.417. The molecule has 0 radical (unpaired) electrons. The second-order valence-electron chi connectivity index (χ2n) is 4.80. The van der Waals surface area contributed by atoms with E-state index in [1.807, 2.05) is 6.92 Å². The zero-order chi connectivity index (χ0) is 15.1. The molecule has 0 aliphatic heterocycles. The second-order valence-corrected chi connectivity index (χ2v) is 7.12. The number of sulfonamides is 1. The number of halogens is 2. The van der Waals surface area contributed by atoms with Gasteiger partial charge >= 0.3 is 0 Å². The normalized spacial score (nSPS) is 21.6. The number of carbonyl (C=O) groups is 1. The van der Waals surface area contributed by atoms with Crippen molar-refractivity contribution in [2.24, 2.45) is 11.1 Å². The van der Waals surface area contributed by atoms with E-state index in [0.29, 0.717) is 5.92 Å². The minimum atomic E-state index is -4.11. The highest BCUT2D eigenvalue weighted by atomic mass is 79.9. The number of hydrogen-bond acceptors (Lipinski definition) is 3. The zero-order valence-electron chi connectivity index (χ0n) is 10.7. The molecule has 5 nitrogen and oxygen atoms in total. The first-order valence-electron chi connectivity index (χ1n) is 6.06. The fourth-order valence-corrected chi connectivity index (χ4v) is 3.57. The molecule has 1 aliphatic carbocycles.